The number of carbonyl (C=O) groups is 3. The number of ether oxygens (including phenoxy) is 1. The zero-order valence-corrected chi connectivity index (χ0v) is 18.7. The Morgan fingerprint density at radius 1 is 1.00 bits per heavy atom. The Kier molecular flexibility index (Phi) is 9.05. The molecule has 0 spiro atoms. The highest BCUT2D eigenvalue weighted by atomic mass is 35.5. The second-order valence-corrected chi connectivity index (χ2v) is 8.38. The average Bonchev–Trinajstić information content (AvgIpc) is 2.80. The van der Waals surface area contributed by atoms with Crippen molar-refractivity contribution >= 4 is 29.3 Å². The van der Waals surface area contributed by atoms with Crippen molar-refractivity contribution in [2.45, 2.75) is 51.2 Å². The molecule has 1 N–H and O–H groups in total. The van der Waals surface area contributed by atoms with Crippen molar-refractivity contribution in [3.63, 3.8) is 0 Å². The molecule has 0 aromatic heterocycles. The van der Waals surface area contributed by atoms with Crippen LogP contribution in [0, 0.1) is 5.92 Å². The van der Waals surface area contributed by atoms with Gasteiger partial charge >= 0.3 is 5.97 Å². The van der Waals surface area contributed by atoms with Crippen LogP contribution in [0.15, 0.2) is 66.7 Å². The fourth-order valence-corrected chi connectivity index (χ4v) is 3.79. The van der Waals surface area contributed by atoms with E-state index in [4.69, 9.17) is 16.3 Å². The third-order valence-electron chi connectivity index (χ3n) is 5.49. The molecule has 0 saturated heterocycles. The summed E-state index contributed by atoms with van der Waals surface area (Å²) in [4.78, 5) is 37.7. The van der Waals surface area contributed by atoms with Gasteiger partial charge in [0.05, 0.1) is 0 Å². The van der Waals surface area contributed by atoms with Crippen molar-refractivity contribution in [2.75, 3.05) is 0 Å². The summed E-state index contributed by atoms with van der Waals surface area (Å²) in [5, 5.41) is 3.53. The van der Waals surface area contributed by atoms with Crippen molar-refractivity contribution in [1.82, 2.24) is 5.32 Å². The second kappa shape index (κ2) is 12.2. The fraction of sp³-hybridized carbons (Fsp3) is 0.346. The summed E-state index contributed by atoms with van der Waals surface area (Å²) in [7, 11) is 0. The number of benzene rings is 2. The Morgan fingerprint density at radius 3 is 2.50 bits per heavy atom. The summed E-state index contributed by atoms with van der Waals surface area (Å²) in [5.41, 5.74) is 1.82. The van der Waals surface area contributed by atoms with E-state index in [-0.39, 0.29) is 30.5 Å². The molecule has 0 bridgehead atoms. The maximum Gasteiger partial charge on any atom is 0.306 e. The average molecular weight is 454 g/mol. The number of cyclic esters (lactones) is 1. The van der Waals surface area contributed by atoms with Crippen molar-refractivity contribution in [1.29, 1.82) is 0 Å². The first-order valence-electron chi connectivity index (χ1n) is 10.9. The van der Waals surface area contributed by atoms with E-state index in [9.17, 15) is 14.4 Å². The molecule has 1 amide bonds. The van der Waals surface area contributed by atoms with Crippen LogP contribution < -0.4 is 5.32 Å². The monoisotopic (exact) mass is 453 g/mol. The van der Waals surface area contributed by atoms with Crippen LogP contribution in [0.2, 0.25) is 5.02 Å². The van der Waals surface area contributed by atoms with Gasteiger partial charge in [0.2, 0.25) is 5.91 Å². The van der Waals surface area contributed by atoms with Crippen LogP contribution in [-0.2, 0) is 25.7 Å². The standard InChI is InChI=1S/C26H28ClNO4/c27-22-13-11-19(12-14-22)18-28-25(30)17-21-9-5-2-6-10-26(31)32-24(16-15-23(21)29)20-7-3-1-4-8-20/h1-5,7-8,11-14,21,24H,6,9-10,15-18H2,(H,28,30)/b5-2+/t21-,24?/m0/s1. The Hall–Kier alpha value is -2.92. The lowest BCUT2D eigenvalue weighted by Crippen LogP contribution is -2.28. The van der Waals surface area contributed by atoms with Gasteiger partial charge in [-0.05, 0) is 42.5 Å². The van der Waals surface area contributed by atoms with Gasteiger partial charge in [0.15, 0.2) is 0 Å². The Balaban J connectivity index is 1.62. The van der Waals surface area contributed by atoms with Crippen LogP contribution in [-0.4, -0.2) is 17.7 Å². The highest BCUT2D eigenvalue weighted by molar-refractivity contribution is 6.30. The lowest BCUT2D eigenvalue weighted by Gasteiger charge is -2.20. The number of hydrogen-bond acceptors (Lipinski definition) is 4. The zero-order valence-electron chi connectivity index (χ0n) is 18.0. The van der Waals surface area contributed by atoms with Crippen LogP contribution in [0.3, 0.4) is 0 Å². The normalized spacial score (nSPS) is 21.0. The molecule has 6 heteroatoms. The minimum absolute atomic E-state index is 0.00819. The van der Waals surface area contributed by atoms with Crippen LogP contribution in [0.1, 0.15) is 55.8 Å². The minimum atomic E-state index is -0.463. The maximum atomic E-state index is 13.0. The first-order valence-corrected chi connectivity index (χ1v) is 11.3. The molecule has 1 unspecified atom stereocenters. The van der Waals surface area contributed by atoms with E-state index in [1.807, 2.05) is 54.6 Å². The van der Waals surface area contributed by atoms with Crippen LogP contribution in [0.25, 0.3) is 0 Å². The van der Waals surface area contributed by atoms with Gasteiger partial charge in [0.25, 0.3) is 0 Å². The highest BCUT2D eigenvalue weighted by Gasteiger charge is 2.24. The Labute approximate surface area is 193 Å². The van der Waals surface area contributed by atoms with E-state index in [1.54, 1.807) is 12.1 Å². The maximum absolute atomic E-state index is 13.0. The first kappa shape index (κ1) is 23.7. The van der Waals surface area contributed by atoms with Gasteiger partial charge in [0.1, 0.15) is 11.9 Å². The molecule has 3 rings (SSSR count). The summed E-state index contributed by atoms with van der Waals surface area (Å²) >= 11 is 5.89. The van der Waals surface area contributed by atoms with Gasteiger partial charge < -0.3 is 10.1 Å². The predicted molar refractivity (Wildman–Crippen MR) is 124 cm³/mol. The van der Waals surface area contributed by atoms with E-state index >= 15 is 0 Å². The second-order valence-electron chi connectivity index (χ2n) is 7.94. The van der Waals surface area contributed by atoms with Gasteiger partial charge in [0, 0.05) is 36.7 Å². The number of hydrogen-bond donors (Lipinski definition) is 1. The van der Waals surface area contributed by atoms with E-state index in [0.29, 0.717) is 37.3 Å². The topological polar surface area (TPSA) is 72.5 Å². The molecule has 0 fully saturated rings. The number of allylic oxidation sites excluding steroid dienone is 2. The first-order chi connectivity index (χ1) is 15.5. The van der Waals surface area contributed by atoms with Gasteiger partial charge in [-0.3, -0.25) is 14.4 Å². The molecule has 2 aromatic carbocycles. The van der Waals surface area contributed by atoms with Crippen LogP contribution in [0.4, 0.5) is 0 Å². The van der Waals surface area contributed by atoms with E-state index in [1.165, 1.54) is 0 Å². The molecule has 2 aromatic rings. The summed E-state index contributed by atoms with van der Waals surface area (Å²) in [6, 6.07) is 16.7. The number of amides is 1. The number of esters is 1. The molecule has 1 heterocycles. The van der Waals surface area contributed by atoms with Crippen molar-refractivity contribution in [2.24, 2.45) is 5.92 Å². The molecule has 168 valence electrons. The van der Waals surface area contributed by atoms with Crippen LogP contribution >= 0.6 is 11.6 Å². The van der Waals surface area contributed by atoms with E-state index < -0.39 is 12.0 Å². The molecule has 0 saturated carbocycles. The third kappa shape index (κ3) is 7.65. The number of ketones is 1. The number of halogens is 1. The van der Waals surface area contributed by atoms with E-state index in [0.717, 1.165) is 11.1 Å². The summed E-state index contributed by atoms with van der Waals surface area (Å²) in [6.07, 6.45) is 5.41. The van der Waals surface area contributed by atoms with Gasteiger partial charge in [-0.15, -0.1) is 0 Å². The number of Topliss-reactive ketones (excluding diaryl/α,β-unsaturated/α-hetero) is 1. The lowest BCUT2D eigenvalue weighted by atomic mass is 9.91. The number of carbonyl (C=O) groups excluding carboxylic acids is 3. The molecule has 2 atom stereocenters. The predicted octanol–water partition coefficient (Wildman–Crippen LogP) is 5.34. The Morgan fingerprint density at radius 2 is 1.75 bits per heavy atom. The molecule has 5 nitrogen and oxygen atoms in total. The molecule has 0 aliphatic carbocycles. The number of rotatable bonds is 5. The van der Waals surface area contributed by atoms with E-state index in [2.05, 4.69) is 5.32 Å². The zero-order chi connectivity index (χ0) is 22.8. The van der Waals surface area contributed by atoms with Gasteiger partial charge in [-0.1, -0.05) is 66.2 Å². The van der Waals surface area contributed by atoms with Crippen molar-refractivity contribution in [3.8, 4) is 0 Å². The number of nitrogens with one attached hydrogen (secondary N) is 1. The summed E-state index contributed by atoms with van der Waals surface area (Å²) in [5.74, 6) is -0.823. The van der Waals surface area contributed by atoms with Gasteiger partial charge in [-0.2, -0.15) is 0 Å². The quantitative estimate of drug-likeness (QED) is 0.490. The minimum Gasteiger partial charge on any atom is -0.457 e. The molecular formula is C26H28ClNO4. The summed E-state index contributed by atoms with van der Waals surface area (Å²) in [6.45, 7) is 0.388. The van der Waals surface area contributed by atoms with Gasteiger partial charge in [-0.25, -0.2) is 0 Å². The Bertz CT molecular complexity index is 940. The molecule has 32 heavy (non-hydrogen) atoms. The molecule has 1 aliphatic heterocycles. The smallest absolute Gasteiger partial charge is 0.306 e. The molecular weight excluding hydrogens is 426 g/mol. The summed E-state index contributed by atoms with van der Waals surface area (Å²) < 4.78 is 5.66. The fourth-order valence-electron chi connectivity index (χ4n) is 3.66. The highest BCUT2D eigenvalue weighted by Crippen LogP contribution is 2.26. The molecule has 0 radical (unpaired) electrons. The third-order valence-corrected chi connectivity index (χ3v) is 5.74. The largest absolute Gasteiger partial charge is 0.457 e. The van der Waals surface area contributed by atoms with Crippen LogP contribution in [0.5, 0.6) is 0 Å². The van der Waals surface area contributed by atoms with Crippen molar-refractivity contribution < 1.29 is 19.1 Å². The lowest BCUT2D eigenvalue weighted by molar-refractivity contribution is -0.150. The molecule has 1 aliphatic rings. The van der Waals surface area contributed by atoms with Crippen molar-refractivity contribution in [3.05, 3.63) is 82.9 Å². The SMILES string of the molecule is O=C(C[C@@H]1C/C=C/CCC(=O)OC(c2ccccc2)CCC1=O)NCc1ccc(Cl)cc1.